The molecule has 2 rings (SSSR count). The van der Waals surface area contributed by atoms with Gasteiger partial charge in [-0.25, -0.2) is 0 Å². The average Bonchev–Trinajstić information content (AvgIpc) is 2.52. The maximum absolute atomic E-state index is 10.5. The van der Waals surface area contributed by atoms with Crippen LogP contribution in [-0.4, -0.2) is 29.2 Å². The van der Waals surface area contributed by atoms with Crippen LogP contribution in [0.5, 0.6) is 0 Å². The molecule has 0 amide bonds. The van der Waals surface area contributed by atoms with Crippen LogP contribution in [0.3, 0.4) is 0 Å². The van der Waals surface area contributed by atoms with Crippen molar-refractivity contribution in [3.63, 3.8) is 0 Å². The number of carbonyl (C=O) groups excluding carboxylic acids is 1. The zero-order chi connectivity index (χ0) is 20.6. The van der Waals surface area contributed by atoms with Crippen LogP contribution >= 0.6 is 63.7 Å². The Morgan fingerprint density at radius 1 is 0.778 bits per heavy atom. The molecule has 144 valence electrons. The predicted molar refractivity (Wildman–Crippen MR) is 116 cm³/mol. The van der Waals surface area contributed by atoms with Crippen molar-refractivity contribution in [3.8, 4) is 0 Å². The van der Waals surface area contributed by atoms with Crippen molar-refractivity contribution in [1.82, 2.24) is 0 Å². The van der Waals surface area contributed by atoms with E-state index < -0.39 is 28.9 Å². The van der Waals surface area contributed by atoms with Gasteiger partial charge in [0.15, 0.2) is 0 Å². The van der Waals surface area contributed by atoms with E-state index in [0.29, 0.717) is 11.1 Å². The Bertz CT molecular complexity index is 791. The number of hydrogen-bond acceptors (Lipinski definition) is 5. The third-order valence-corrected chi connectivity index (χ3v) is 4.95. The standard InChI is InChI=1S/C9H8Br2N2O4.C7H4Br2O/c10-8-1-6(2-9(11)3-8)7(4-12(14)15)5-13(16)17;8-6-1-5(4-10)2-7(9)3-6/h1-3,7H,4-5H2;1-4H. The molecule has 11 heteroatoms. The molecule has 7 nitrogen and oxygen atoms in total. The van der Waals surface area contributed by atoms with Crippen molar-refractivity contribution < 1.29 is 14.6 Å². The van der Waals surface area contributed by atoms with Gasteiger partial charge in [-0.1, -0.05) is 63.7 Å². The summed E-state index contributed by atoms with van der Waals surface area (Å²) in [5, 5.41) is 21.0. The fourth-order valence-electron chi connectivity index (χ4n) is 2.08. The molecule has 0 unspecified atom stereocenters. The van der Waals surface area contributed by atoms with Gasteiger partial charge in [0.05, 0.1) is 0 Å². The highest BCUT2D eigenvalue weighted by molar-refractivity contribution is 9.11. The summed E-state index contributed by atoms with van der Waals surface area (Å²) >= 11 is 13.0. The number of nitro groups is 2. The van der Waals surface area contributed by atoms with E-state index >= 15 is 0 Å². The summed E-state index contributed by atoms with van der Waals surface area (Å²) in [5.41, 5.74) is 1.24. The number of rotatable bonds is 6. The molecule has 0 atom stereocenters. The smallest absolute Gasteiger partial charge is 0.217 e. The second-order valence-electron chi connectivity index (χ2n) is 5.25. The second kappa shape index (κ2) is 11.6. The Kier molecular flexibility index (Phi) is 10.3. The molecule has 0 heterocycles. The lowest BCUT2D eigenvalue weighted by Crippen LogP contribution is -2.20. The van der Waals surface area contributed by atoms with E-state index in [-0.39, 0.29) is 0 Å². The van der Waals surface area contributed by atoms with Crippen LogP contribution < -0.4 is 0 Å². The van der Waals surface area contributed by atoms with Crippen molar-refractivity contribution in [2.75, 3.05) is 13.1 Å². The largest absolute Gasteiger partial charge is 0.298 e. The predicted octanol–water partition coefficient (Wildman–Crippen LogP) is 5.87. The second-order valence-corrected chi connectivity index (χ2v) is 8.91. The highest BCUT2D eigenvalue weighted by Crippen LogP contribution is 2.26. The van der Waals surface area contributed by atoms with Gasteiger partial charge >= 0.3 is 0 Å². The molecule has 0 radical (unpaired) electrons. The minimum atomic E-state index is -0.728. The van der Waals surface area contributed by atoms with Crippen LogP contribution in [0.15, 0.2) is 54.3 Å². The third-order valence-electron chi connectivity index (χ3n) is 3.12. The lowest BCUT2D eigenvalue weighted by atomic mass is 9.99. The molecule has 27 heavy (non-hydrogen) atoms. The summed E-state index contributed by atoms with van der Waals surface area (Å²) < 4.78 is 3.25. The molecule has 0 aliphatic carbocycles. The molecule has 0 saturated carbocycles. The highest BCUT2D eigenvalue weighted by Gasteiger charge is 2.24. The Balaban J connectivity index is 0.000000309. The van der Waals surface area contributed by atoms with E-state index in [2.05, 4.69) is 63.7 Å². The topological polar surface area (TPSA) is 103 Å². The van der Waals surface area contributed by atoms with Gasteiger partial charge < -0.3 is 0 Å². The van der Waals surface area contributed by atoms with Gasteiger partial charge in [0, 0.05) is 33.3 Å². The van der Waals surface area contributed by atoms with Crippen molar-refractivity contribution in [2.24, 2.45) is 0 Å². The summed E-state index contributed by atoms with van der Waals surface area (Å²) in [7, 11) is 0. The normalized spacial score (nSPS) is 10.1. The van der Waals surface area contributed by atoms with Gasteiger partial charge in [0.2, 0.25) is 13.1 Å². The number of nitrogens with zero attached hydrogens (tertiary/aromatic N) is 2. The van der Waals surface area contributed by atoms with Crippen molar-refractivity contribution >= 4 is 70.0 Å². The van der Waals surface area contributed by atoms with Gasteiger partial charge in [0.1, 0.15) is 12.2 Å². The molecule has 0 N–H and O–H groups in total. The van der Waals surface area contributed by atoms with Crippen LogP contribution in [0.2, 0.25) is 0 Å². The lowest BCUT2D eigenvalue weighted by Gasteiger charge is -2.10. The first-order valence-corrected chi connectivity index (χ1v) is 10.4. The van der Waals surface area contributed by atoms with Crippen LogP contribution in [-0.2, 0) is 0 Å². The first-order valence-electron chi connectivity index (χ1n) is 7.21. The van der Waals surface area contributed by atoms with Crippen LogP contribution in [0.4, 0.5) is 0 Å². The first-order chi connectivity index (χ1) is 12.6. The molecule has 2 aromatic rings. The van der Waals surface area contributed by atoms with E-state index in [9.17, 15) is 25.0 Å². The summed E-state index contributed by atoms with van der Waals surface area (Å²) in [6.07, 6.45) is 0.815. The molecular formula is C16H12Br4N2O5. The number of hydrogen-bond donors (Lipinski definition) is 0. The minimum absolute atomic E-state index is 0.454. The molecular weight excluding hydrogens is 620 g/mol. The quantitative estimate of drug-likeness (QED) is 0.225. The van der Waals surface area contributed by atoms with Gasteiger partial charge in [-0.2, -0.15) is 0 Å². The third kappa shape index (κ3) is 9.54. The average molecular weight is 632 g/mol. The molecule has 0 saturated heterocycles. The first kappa shape index (κ1) is 23.9. The minimum Gasteiger partial charge on any atom is -0.298 e. The van der Waals surface area contributed by atoms with E-state index in [4.69, 9.17) is 0 Å². The van der Waals surface area contributed by atoms with Gasteiger partial charge in [0.25, 0.3) is 0 Å². The highest BCUT2D eigenvalue weighted by atomic mass is 79.9. The van der Waals surface area contributed by atoms with E-state index in [1.807, 2.05) is 6.07 Å². The Labute approximate surface area is 188 Å². The maximum Gasteiger partial charge on any atom is 0.217 e. The van der Waals surface area contributed by atoms with E-state index in [1.54, 1.807) is 30.3 Å². The SMILES string of the molecule is O=Cc1cc(Br)cc(Br)c1.O=[N+]([O-])CC(C[N+](=O)[O-])c1cc(Br)cc(Br)c1. The Hall–Kier alpha value is -1.17. The Morgan fingerprint density at radius 2 is 1.15 bits per heavy atom. The number of aldehydes is 1. The monoisotopic (exact) mass is 628 g/mol. The molecule has 0 bridgehead atoms. The Morgan fingerprint density at radius 3 is 1.48 bits per heavy atom. The molecule has 0 aliphatic heterocycles. The lowest BCUT2D eigenvalue weighted by molar-refractivity contribution is -0.516. The zero-order valence-corrected chi connectivity index (χ0v) is 19.8. The summed E-state index contributed by atoms with van der Waals surface area (Å²) in [4.78, 5) is 30.2. The van der Waals surface area contributed by atoms with Crippen molar-refractivity contribution in [1.29, 1.82) is 0 Å². The number of halogens is 4. The molecule has 0 fully saturated rings. The van der Waals surface area contributed by atoms with Crippen LogP contribution in [0.1, 0.15) is 21.8 Å². The molecule has 0 aliphatic rings. The van der Waals surface area contributed by atoms with E-state index in [0.717, 1.165) is 24.2 Å². The molecule has 0 spiro atoms. The number of carbonyl (C=O) groups is 1. The fourth-order valence-corrected chi connectivity index (χ4v) is 4.74. The van der Waals surface area contributed by atoms with Gasteiger partial charge in [-0.3, -0.25) is 25.0 Å². The zero-order valence-electron chi connectivity index (χ0n) is 13.5. The fraction of sp³-hybridized carbons (Fsp3) is 0.188. The maximum atomic E-state index is 10.5. The van der Waals surface area contributed by atoms with E-state index in [1.165, 1.54) is 0 Å². The van der Waals surface area contributed by atoms with Gasteiger partial charge in [-0.15, -0.1) is 0 Å². The summed E-state index contributed by atoms with van der Waals surface area (Å²) in [6.45, 7) is -0.909. The van der Waals surface area contributed by atoms with Crippen LogP contribution in [0.25, 0.3) is 0 Å². The van der Waals surface area contributed by atoms with Crippen LogP contribution in [0, 0.1) is 20.2 Å². The van der Waals surface area contributed by atoms with Gasteiger partial charge in [-0.05, 0) is 42.0 Å². The summed E-state index contributed by atoms with van der Waals surface area (Å²) in [5.74, 6) is -0.728. The summed E-state index contributed by atoms with van der Waals surface area (Å²) in [6, 6.07) is 10.5. The molecule has 0 aromatic heterocycles. The van der Waals surface area contributed by atoms with Crippen molar-refractivity contribution in [3.05, 3.63) is 85.6 Å². The molecule has 2 aromatic carbocycles. The number of benzene rings is 2. The van der Waals surface area contributed by atoms with Crippen molar-refractivity contribution in [2.45, 2.75) is 5.92 Å².